The summed E-state index contributed by atoms with van der Waals surface area (Å²) in [5, 5.41) is 10.7. The maximum Gasteiger partial charge on any atom is 0.419 e. The number of ether oxygens (including phenoxy) is 1. The van der Waals surface area contributed by atoms with Gasteiger partial charge in [0.05, 0.1) is 5.52 Å². The van der Waals surface area contributed by atoms with E-state index in [1.54, 1.807) is 28.8 Å². The number of likely N-dealkylation sites (tertiary alicyclic amines) is 1. The van der Waals surface area contributed by atoms with Gasteiger partial charge in [0.2, 0.25) is 0 Å². The standard InChI is InChI=1S/C34H37N3O5/c1-24-12-13-32-30(22-24)37(34(40)42-32)17-7-6-16-36-23-28(26-8-2-4-10-29(26)36)25-14-18-35(19-15-25)20-21-41-31-11-5-3-9-27(31)33(38)39/h2-5,8-13,22-23,25H,6-7,14-21H2,1H3,(H,38,39). The lowest BCUT2D eigenvalue weighted by atomic mass is 9.89. The first-order valence-electron chi connectivity index (χ1n) is 14.8. The normalized spacial score (nSPS) is 14.6. The molecule has 0 radical (unpaired) electrons. The Bertz CT molecular complexity index is 1760. The summed E-state index contributed by atoms with van der Waals surface area (Å²) in [5.41, 5.74) is 5.52. The molecule has 0 atom stereocenters. The second-order valence-corrected chi connectivity index (χ2v) is 11.3. The van der Waals surface area contributed by atoms with Gasteiger partial charge >= 0.3 is 11.7 Å². The van der Waals surface area contributed by atoms with E-state index < -0.39 is 5.97 Å². The van der Waals surface area contributed by atoms with Crippen molar-refractivity contribution in [1.82, 2.24) is 14.0 Å². The first-order chi connectivity index (χ1) is 20.5. The van der Waals surface area contributed by atoms with Crippen molar-refractivity contribution >= 4 is 28.0 Å². The Balaban J connectivity index is 1.04. The van der Waals surface area contributed by atoms with Crippen molar-refractivity contribution < 1.29 is 19.1 Å². The van der Waals surface area contributed by atoms with Gasteiger partial charge in [0.1, 0.15) is 17.9 Å². The van der Waals surface area contributed by atoms with Crippen molar-refractivity contribution in [1.29, 1.82) is 0 Å². The highest BCUT2D eigenvalue weighted by Crippen LogP contribution is 2.34. The molecule has 8 nitrogen and oxygen atoms in total. The molecule has 0 unspecified atom stereocenters. The molecule has 42 heavy (non-hydrogen) atoms. The van der Waals surface area contributed by atoms with Crippen LogP contribution in [0.4, 0.5) is 0 Å². The van der Waals surface area contributed by atoms with Crippen LogP contribution in [0.5, 0.6) is 5.75 Å². The molecule has 6 rings (SSSR count). The van der Waals surface area contributed by atoms with Gasteiger partial charge in [0.25, 0.3) is 0 Å². The minimum absolute atomic E-state index is 0.201. The van der Waals surface area contributed by atoms with Crippen molar-refractivity contribution in [2.75, 3.05) is 26.2 Å². The van der Waals surface area contributed by atoms with Gasteiger partial charge in [-0.3, -0.25) is 9.47 Å². The molecule has 8 heteroatoms. The zero-order valence-corrected chi connectivity index (χ0v) is 24.0. The lowest BCUT2D eigenvalue weighted by Crippen LogP contribution is -2.35. The van der Waals surface area contributed by atoms with Crippen molar-refractivity contribution in [3.05, 3.63) is 100 Å². The lowest BCUT2D eigenvalue weighted by molar-refractivity contribution is 0.0691. The minimum Gasteiger partial charge on any atom is -0.491 e. The van der Waals surface area contributed by atoms with Crippen LogP contribution in [0.1, 0.15) is 53.1 Å². The molecule has 1 saturated heterocycles. The predicted octanol–water partition coefficient (Wildman–Crippen LogP) is 6.29. The maximum absolute atomic E-state index is 12.4. The topological polar surface area (TPSA) is 89.8 Å². The van der Waals surface area contributed by atoms with Crippen LogP contribution in [0.3, 0.4) is 0 Å². The fourth-order valence-electron chi connectivity index (χ4n) is 6.24. The van der Waals surface area contributed by atoms with Gasteiger partial charge in [-0.25, -0.2) is 9.59 Å². The van der Waals surface area contributed by atoms with Crippen LogP contribution < -0.4 is 10.5 Å². The van der Waals surface area contributed by atoms with Crippen LogP contribution in [0, 0.1) is 6.92 Å². The number of unbranched alkanes of at least 4 members (excludes halogenated alkanes) is 1. The van der Waals surface area contributed by atoms with Crippen LogP contribution in [-0.2, 0) is 13.1 Å². The number of hydrogen-bond donors (Lipinski definition) is 1. The highest BCUT2D eigenvalue weighted by atomic mass is 16.5. The first-order valence-corrected chi connectivity index (χ1v) is 14.8. The number of benzene rings is 3. The molecule has 1 aliphatic rings. The summed E-state index contributed by atoms with van der Waals surface area (Å²) in [7, 11) is 0. The highest BCUT2D eigenvalue weighted by Gasteiger charge is 2.24. The molecular weight excluding hydrogens is 530 g/mol. The summed E-state index contributed by atoms with van der Waals surface area (Å²) in [6.07, 6.45) is 6.36. The Hall–Kier alpha value is -4.30. The van der Waals surface area contributed by atoms with E-state index in [9.17, 15) is 14.7 Å². The number of rotatable bonds is 11. The molecule has 5 aromatic rings. The zero-order chi connectivity index (χ0) is 29.1. The van der Waals surface area contributed by atoms with Crippen LogP contribution in [0.15, 0.2) is 82.1 Å². The zero-order valence-electron chi connectivity index (χ0n) is 24.0. The Kier molecular flexibility index (Phi) is 8.15. The Labute approximate surface area is 244 Å². The Morgan fingerprint density at radius 1 is 0.952 bits per heavy atom. The van der Waals surface area contributed by atoms with Crippen molar-refractivity contribution in [2.24, 2.45) is 0 Å². The number of carboxylic acids is 1. The third-order valence-corrected chi connectivity index (χ3v) is 8.48. The molecule has 0 spiro atoms. The van der Waals surface area contributed by atoms with E-state index in [4.69, 9.17) is 9.15 Å². The van der Waals surface area contributed by atoms with Gasteiger partial charge in [-0.15, -0.1) is 0 Å². The van der Waals surface area contributed by atoms with Crippen LogP contribution in [-0.4, -0.2) is 51.4 Å². The van der Waals surface area contributed by atoms with Gasteiger partial charge in [0.15, 0.2) is 5.58 Å². The van der Waals surface area contributed by atoms with Gasteiger partial charge < -0.3 is 18.8 Å². The number of fused-ring (bicyclic) bond motifs is 2. The predicted molar refractivity (Wildman–Crippen MR) is 164 cm³/mol. The molecule has 2 aromatic heterocycles. The number of oxazole rings is 1. The Morgan fingerprint density at radius 3 is 2.55 bits per heavy atom. The van der Waals surface area contributed by atoms with Crippen molar-refractivity contribution in [3.8, 4) is 5.75 Å². The van der Waals surface area contributed by atoms with Gasteiger partial charge in [-0.2, -0.15) is 0 Å². The SMILES string of the molecule is Cc1ccc2oc(=O)n(CCCCn3cc(C4CCN(CCOc5ccccc5C(=O)O)CC4)c4ccccc43)c2c1. The molecule has 3 aromatic carbocycles. The number of aromatic nitrogens is 2. The second-order valence-electron chi connectivity index (χ2n) is 11.3. The smallest absolute Gasteiger partial charge is 0.419 e. The number of hydrogen-bond acceptors (Lipinski definition) is 5. The van der Waals surface area contributed by atoms with Gasteiger partial charge in [0, 0.05) is 36.7 Å². The summed E-state index contributed by atoms with van der Waals surface area (Å²) < 4.78 is 15.4. The molecule has 0 amide bonds. The lowest BCUT2D eigenvalue weighted by Gasteiger charge is -2.31. The molecular formula is C34H37N3O5. The number of piperidine rings is 1. The van der Waals surface area contributed by atoms with E-state index >= 15 is 0 Å². The number of para-hydroxylation sites is 2. The van der Waals surface area contributed by atoms with E-state index in [1.165, 1.54) is 16.5 Å². The van der Waals surface area contributed by atoms with E-state index in [2.05, 4.69) is 39.9 Å². The molecule has 0 bridgehead atoms. The average Bonchev–Trinajstić information content (AvgIpc) is 3.52. The Morgan fingerprint density at radius 2 is 1.71 bits per heavy atom. The second kappa shape index (κ2) is 12.3. The molecule has 3 heterocycles. The summed E-state index contributed by atoms with van der Waals surface area (Å²) in [6.45, 7) is 6.79. The summed E-state index contributed by atoms with van der Waals surface area (Å²) in [4.78, 5) is 26.2. The summed E-state index contributed by atoms with van der Waals surface area (Å²) >= 11 is 0. The maximum atomic E-state index is 12.4. The fourth-order valence-corrected chi connectivity index (χ4v) is 6.24. The molecule has 0 saturated carbocycles. The molecule has 1 aliphatic heterocycles. The molecule has 1 N–H and O–H groups in total. The number of aromatic carboxylic acids is 1. The minimum atomic E-state index is -0.970. The van der Waals surface area contributed by atoms with Crippen LogP contribution in [0.2, 0.25) is 0 Å². The van der Waals surface area contributed by atoms with E-state index in [0.29, 0.717) is 30.4 Å². The third kappa shape index (κ3) is 5.85. The highest BCUT2D eigenvalue weighted by molar-refractivity contribution is 5.90. The monoisotopic (exact) mass is 567 g/mol. The number of carbonyl (C=O) groups is 1. The van der Waals surface area contributed by atoms with E-state index in [1.807, 2.05) is 25.1 Å². The van der Waals surface area contributed by atoms with E-state index in [-0.39, 0.29) is 11.3 Å². The fraction of sp³-hybridized carbons (Fsp3) is 0.353. The van der Waals surface area contributed by atoms with E-state index in [0.717, 1.165) is 62.9 Å². The van der Waals surface area contributed by atoms with Crippen molar-refractivity contribution in [3.63, 3.8) is 0 Å². The first kappa shape index (κ1) is 27.8. The van der Waals surface area contributed by atoms with Gasteiger partial charge in [-0.1, -0.05) is 36.4 Å². The molecule has 1 fully saturated rings. The molecule has 218 valence electrons. The summed E-state index contributed by atoms with van der Waals surface area (Å²) in [6, 6.07) is 21.3. The number of nitrogens with zero attached hydrogens (tertiary/aromatic N) is 3. The third-order valence-electron chi connectivity index (χ3n) is 8.48. The average molecular weight is 568 g/mol. The van der Waals surface area contributed by atoms with Crippen molar-refractivity contribution in [2.45, 2.75) is 51.6 Å². The summed E-state index contributed by atoms with van der Waals surface area (Å²) in [5.74, 6) is -0.330. The van der Waals surface area contributed by atoms with Gasteiger partial charge in [-0.05, 0) is 93.1 Å². The largest absolute Gasteiger partial charge is 0.491 e. The molecule has 0 aliphatic carbocycles. The van der Waals surface area contributed by atoms with Crippen LogP contribution in [0.25, 0.3) is 22.0 Å². The number of aryl methyl sites for hydroxylation is 3. The number of carboxylic acid groups (broad SMARTS) is 1. The van der Waals surface area contributed by atoms with Crippen LogP contribution >= 0.6 is 0 Å². The quantitative estimate of drug-likeness (QED) is 0.189.